The van der Waals surface area contributed by atoms with Crippen molar-refractivity contribution in [2.45, 2.75) is 31.8 Å². The number of aryl methyl sites for hydroxylation is 1. The maximum absolute atomic E-state index is 13.5. The van der Waals surface area contributed by atoms with E-state index in [1.165, 1.54) is 29.2 Å². The molecule has 7 nitrogen and oxygen atoms in total. The number of amides is 2. The van der Waals surface area contributed by atoms with E-state index in [-0.39, 0.29) is 29.9 Å². The molecule has 0 aliphatic carbocycles. The molecular weight excluding hydrogens is 523 g/mol. The van der Waals surface area contributed by atoms with Crippen molar-refractivity contribution < 1.29 is 32.2 Å². The topological polar surface area (TPSA) is 74.9 Å². The van der Waals surface area contributed by atoms with Crippen LogP contribution in [0.5, 0.6) is 11.5 Å². The maximum atomic E-state index is 13.5. The monoisotopic (exact) mass is 551 g/mol. The summed E-state index contributed by atoms with van der Waals surface area (Å²) < 4.78 is 47.2. The van der Waals surface area contributed by atoms with Gasteiger partial charge in [-0.05, 0) is 60.4 Å². The van der Waals surface area contributed by atoms with E-state index >= 15 is 0 Å². The first kappa shape index (κ1) is 27.1. The standard InChI is InChI=1S/C30H28F3N3O4/c1-39-24-9-5-8-21(14-24)17-36-23(11-10-20-6-3-2-4-7-20)18-35(19-28(36)37)29(38)27-16-22-15-25(40-30(31,32)33)12-13-26(22)34-27/h2-9,12-16,23,34H,10-11,17-19H2,1H3/t23-/m0/s1. The van der Waals surface area contributed by atoms with Gasteiger partial charge in [0.1, 0.15) is 23.7 Å². The lowest BCUT2D eigenvalue weighted by Gasteiger charge is -2.41. The summed E-state index contributed by atoms with van der Waals surface area (Å²) in [4.78, 5) is 33.2. The largest absolute Gasteiger partial charge is 0.573 e. The number of piperazine rings is 1. The van der Waals surface area contributed by atoms with E-state index < -0.39 is 12.3 Å². The lowest BCUT2D eigenvalue weighted by atomic mass is 10.0. The Balaban J connectivity index is 1.36. The van der Waals surface area contributed by atoms with Crippen molar-refractivity contribution in [2.75, 3.05) is 20.2 Å². The van der Waals surface area contributed by atoms with Gasteiger partial charge in [-0.25, -0.2) is 0 Å². The predicted molar refractivity (Wildman–Crippen MR) is 143 cm³/mol. The molecular formula is C30H28F3N3O4. The van der Waals surface area contributed by atoms with Crippen molar-refractivity contribution in [3.8, 4) is 11.5 Å². The molecule has 0 bridgehead atoms. The van der Waals surface area contributed by atoms with Gasteiger partial charge in [-0.1, -0.05) is 42.5 Å². The average Bonchev–Trinajstić information content (AvgIpc) is 3.36. The van der Waals surface area contributed by atoms with Crippen molar-refractivity contribution >= 4 is 22.7 Å². The van der Waals surface area contributed by atoms with Gasteiger partial charge in [-0.3, -0.25) is 9.59 Å². The molecule has 3 aromatic carbocycles. The molecule has 0 spiro atoms. The first-order chi connectivity index (χ1) is 19.2. The summed E-state index contributed by atoms with van der Waals surface area (Å²) in [7, 11) is 1.59. The molecule has 1 saturated heterocycles. The van der Waals surface area contributed by atoms with Gasteiger partial charge in [0.25, 0.3) is 5.91 Å². The molecule has 1 atom stereocenters. The Morgan fingerprint density at radius 3 is 2.50 bits per heavy atom. The summed E-state index contributed by atoms with van der Waals surface area (Å²) in [5.41, 5.74) is 2.73. The van der Waals surface area contributed by atoms with Crippen LogP contribution in [-0.2, 0) is 17.8 Å². The highest BCUT2D eigenvalue weighted by atomic mass is 19.4. The highest BCUT2D eigenvalue weighted by Gasteiger charge is 2.35. The number of rotatable bonds is 8. The number of H-pyrrole nitrogens is 1. The second kappa shape index (κ2) is 11.3. The first-order valence-electron chi connectivity index (χ1n) is 12.8. The van der Waals surface area contributed by atoms with Crippen molar-refractivity contribution in [1.82, 2.24) is 14.8 Å². The van der Waals surface area contributed by atoms with Crippen LogP contribution in [0.1, 0.15) is 28.0 Å². The number of halogens is 3. The Morgan fingerprint density at radius 2 is 1.75 bits per heavy atom. The number of ether oxygens (including phenoxy) is 2. The van der Waals surface area contributed by atoms with Gasteiger partial charge in [0, 0.05) is 24.0 Å². The Labute approximate surface area is 229 Å². The third kappa shape index (κ3) is 6.39. The van der Waals surface area contributed by atoms with E-state index in [0.717, 1.165) is 17.5 Å². The number of nitrogens with zero attached hydrogens (tertiary/aromatic N) is 2. The molecule has 40 heavy (non-hydrogen) atoms. The molecule has 10 heteroatoms. The summed E-state index contributed by atoms with van der Waals surface area (Å²) in [6.07, 6.45) is -3.44. The van der Waals surface area contributed by atoms with Crippen molar-refractivity contribution in [2.24, 2.45) is 0 Å². The first-order valence-corrected chi connectivity index (χ1v) is 12.8. The number of aromatic amines is 1. The normalized spacial score (nSPS) is 15.9. The Bertz CT molecular complexity index is 1500. The molecule has 0 saturated carbocycles. The molecule has 0 unspecified atom stereocenters. The molecule has 1 N–H and O–H groups in total. The van der Waals surface area contributed by atoms with Gasteiger partial charge >= 0.3 is 6.36 Å². The molecule has 1 aliphatic rings. The number of benzene rings is 3. The quantitative estimate of drug-likeness (QED) is 0.311. The molecule has 4 aromatic rings. The van der Waals surface area contributed by atoms with Crippen LogP contribution in [0.2, 0.25) is 0 Å². The Hall–Kier alpha value is -4.47. The summed E-state index contributed by atoms with van der Waals surface area (Å²) in [6, 6.07) is 22.5. The zero-order chi connectivity index (χ0) is 28.3. The third-order valence-electron chi connectivity index (χ3n) is 6.96. The number of fused-ring (bicyclic) bond motifs is 1. The van der Waals surface area contributed by atoms with Gasteiger partial charge < -0.3 is 24.3 Å². The van der Waals surface area contributed by atoms with Crippen LogP contribution in [0.3, 0.4) is 0 Å². The van der Waals surface area contributed by atoms with Crippen LogP contribution in [0, 0.1) is 0 Å². The molecule has 2 amide bonds. The maximum Gasteiger partial charge on any atom is 0.573 e. The Morgan fingerprint density at radius 1 is 0.975 bits per heavy atom. The highest BCUT2D eigenvalue weighted by Crippen LogP contribution is 2.28. The van der Waals surface area contributed by atoms with Crippen molar-refractivity contribution in [3.63, 3.8) is 0 Å². The van der Waals surface area contributed by atoms with Crippen LogP contribution in [0.4, 0.5) is 13.2 Å². The van der Waals surface area contributed by atoms with Gasteiger partial charge in [0.05, 0.1) is 13.2 Å². The summed E-state index contributed by atoms with van der Waals surface area (Å²) in [6.45, 7) is 0.591. The molecule has 5 rings (SSSR count). The molecule has 1 fully saturated rings. The molecule has 1 aliphatic heterocycles. The van der Waals surface area contributed by atoms with E-state index in [2.05, 4.69) is 9.72 Å². The van der Waals surface area contributed by atoms with E-state index in [4.69, 9.17) is 4.74 Å². The summed E-state index contributed by atoms with van der Waals surface area (Å²) in [5, 5.41) is 0.397. The van der Waals surface area contributed by atoms with Gasteiger partial charge in [0.15, 0.2) is 0 Å². The summed E-state index contributed by atoms with van der Waals surface area (Å²) in [5.74, 6) is -0.256. The number of hydrogen-bond acceptors (Lipinski definition) is 4. The van der Waals surface area contributed by atoms with Crippen molar-refractivity contribution in [1.29, 1.82) is 0 Å². The van der Waals surface area contributed by atoms with Gasteiger partial charge in [0.2, 0.25) is 5.91 Å². The van der Waals surface area contributed by atoms with Gasteiger partial charge in [-0.15, -0.1) is 13.2 Å². The predicted octanol–water partition coefficient (Wildman–Crippen LogP) is 5.56. The number of hydrogen-bond donors (Lipinski definition) is 1. The minimum absolute atomic E-state index is 0.109. The molecule has 2 heterocycles. The molecule has 1 aromatic heterocycles. The van der Waals surface area contributed by atoms with Crippen LogP contribution in [0.25, 0.3) is 10.9 Å². The zero-order valence-electron chi connectivity index (χ0n) is 21.8. The lowest BCUT2D eigenvalue weighted by Crippen LogP contribution is -2.57. The van der Waals surface area contributed by atoms with E-state index in [1.807, 2.05) is 59.5 Å². The minimum Gasteiger partial charge on any atom is -0.497 e. The number of alkyl halides is 3. The average molecular weight is 552 g/mol. The number of carbonyl (C=O) groups excluding carboxylic acids is 2. The van der Waals surface area contributed by atoms with Crippen LogP contribution in [0.15, 0.2) is 78.9 Å². The SMILES string of the molecule is COc1cccc(CN2C(=O)CN(C(=O)c3cc4cc(OC(F)(F)F)ccc4[nH]3)C[C@@H]2CCc2ccccc2)c1. The highest BCUT2D eigenvalue weighted by molar-refractivity contribution is 6.00. The van der Waals surface area contributed by atoms with E-state index in [0.29, 0.717) is 36.2 Å². The van der Waals surface area contributed by atoms with Crippen LogP contribution < -0.4 is 9.47 Å². The number of methoxy groups -OCH3 is 1. The number of nitrogens with one attached hydrogen (secondary N) is 1. The fraction of sp³-hybridized carbons (Fsp3) is 0.267. The van der Waals surface area contributed by atoms with Crippen molar-refractivity contribution in [3.05, 3.63) is 95.7 Å². The second-order valence-electron chi connectivity index (χ2n) is 9.72. The van der Waals surface area contributed by atoms with E-state index in [9.17, 15) is 22.8 Å². The van der Waals surface area contributed by atoms with E-state index in [1.54, 1.807) is 7.11 Å². The molecule has 0 radical (unpaired) electrons. The minimum atomic E-state index is -4.82. The fourth-order valence-corrected chi connectivity index (χ4v) is 5.03. The number of carbonyl (C=O) groups is 2. The number of aromatic nitrogens is 1. The second-order valence-corrected chi connectivity index (χ2v) is 9.72. The van der Waals surface area contributed by atoms with Crippen LogP contribution in [-0.4, -0.2) is 59.2 Å². The van der Waals surface area contributed by atoms with Crippen LogP contribution >= 0.6 is 0 Å². The summed E-state index contributed by atoms with van der Waals surface area (Å²) >= 11 is 0. The Kier molecular flexibility index (Phi) is 7.68. The smallest absolute Gasteiger partial charge is 0.497 e. The van der Waals surface area contributed by atoms with Gasteiger partial charge in [-0.2, -0.15) is 0 Å². The molecule has 208 valence electrons. The lowest BCUT2D eigenvalue weighted by molar-refractivity contribution is -0.274. The zero-order valence-corrected chi connectivity index (χ0v) is 21.8. The third-order valence-corrected chi connectivity index (χ3v) is 6.96. The fourth-order valence-electron chi connectivity index (χ4n) is 5.03.